The van der Waals surface area contributed by atoms with Crippen molar-refractivity contribution in [3.8, 4) is 5.75 Å². The van der Waals surface area contributed by atoms with Gasteiger partial charge in [-0.3, -0.25) is 0 Å². The first-order valence-corrected chi connectivity index (χ1v) is 7.99. The number of ether oxygens (including phenoxy) is 3. The molecule has 0 heterocycles. The lowest BCUT2D eigenvalue weighted by atomic mass is 10.2. The predicted octanol–water partition coefficient (Wildman–Crippen LogP) is 3.76. The number of hydrogen-bond donors (Lipinski definition) is 0. The van der Waals surface area contributed by atoms with E-state index >= 15 is 0 Å². The van der Waals surface area contributed by atoms with Crippen molar-refractivity contribution >= 4 is 11.9 Å². The molecule has 0 saturated heterocycles. The van der Waals surface area contributed by atoms with E-state index in [1.54, 1.807) is 45.0 Å². The third-order valence-electron chi connectivity index (χ3n) is 3.08. The summed E-state index contributed by atoms with van der Waals surface area (Å²) in [6.07, 6.45) is 0. The summed E-state index contributed by atoms with van der Waals surface area (Å²) in [4.78, 5) is 23.6. The van der Waals surface area contributed by atoms with E-state index in [9.17, 15) is 9.59 Å². The van der Waals surface area contributed by atoms with Crippen LogP contribution in [0.15, 0.2) is 54.6 Å². The summed E-state index contributed by atoms with van der Waals surface area (Å²) in [5.74, 6) is -0.383. The Morgan fingerprint density at radius 3 is 2.16 bits per heavy atom. The maximum absolute atomic E-state index is 12.0. The lowest BCUT2D eigenvalue weighted by molar-refractivity contribution is -0.157. The van der Waals surface area contributed by atoms with Crippen molar-refractivity contribution in [1.82, 2.24) is 0 Å². The highest BCUT2D eigenvalue weighted by molar-refractivity contribution is 5.89. The summed E-state index contributed by atoms with van der Waals surface area (Å²) in [5.41, 5.74) is 0.793. The molecule has 5 heteroatoms. The van der Waals surface area contributed by atoms with Crippen LogP contribution < -0.4 is 4.74 Å². The Bertz CT molecular complexity index is 699. The van der Waals surface area contributed by atoms with Gasteiger partial charge < -0.3 is 14.2 Å². The Labute approximate surface area is 147 Å². The molecule has 2 aromatic carbocycles. The summed E-state index contributed by atoms with van der Waals surface area (Å²) in [5, 5.41) is 0. The zero-order valence-corrected chi connectivity index (χ0v) is 14.7. The fraction of sp³-hybridized carbons (Fsp3) is 0.300. The SMILES string of the molecule is CC(C)(C)OC(=O)COc1ccc(C(=O)OCc2ccccc2)cc1. The van der Waals surface area contributed by atoms with E-state index in [2.05, 4.69) is 0 Å². The number of benzene rings is 2. The van der Waals surface area contributed by atoms with E-state index in [0.29, 0.717) is 11.3 Å². The van der Waals surface area contributed by atoms with Crippen molar-refractivity contribution in [2.75, 3.05) is 6.61 Å². The van der Waals surface area contributed by atoms with Crippen LogP contribution in [0.5, 0.6) is 5.75 Å². The van der Waals surface area contributed by atoms with Crippen LogP contribution in [0.4, 0.5) is 0 Å². The molecule has 0 bridgehead atoms. The van der Waals surface area contributed by atoms with Crippen molar-refractivity contribution in [1.29, 1.82) is 0 Å². The van der Waals surface area contributed by atoms with Crippen LogP contribution in [-0.4, -0.2) is 24.1 Å². The molecule has 0 aliphatic rings. The van der Waals surface area contributed by atoms with Gasteiger partial charge in [-0.15, -0.1) is 0 Å². The number of rotatable bonds is 6. The van der Waals surface area contributed by atoms with E-state index in [0.717, 1.165) is 5.56 Å². The van der Waals surface area contributed by atoms with E-state index < -0.39 is 17.5 Å². The molecule has 2 rings (SSSR count). The molecule has 0 atom stereocenters. The van der Waals surface area contributed by atoms with Crippen LogP contribution in [0.25, 0.3) is 0 Å². The quantitative estimate of drug-likeness (QED) is 0.748. The van der Waals surface area contributed by atoms with Gasteiger partial charge in [-0.05, 0) is 50.6 Å². The van der Waals surface area contributed by atoms with Gasteiger partial charge in [0.05, 0.1) is 5.56 Å². The predicted molar refractivity (Wildman–Crippen MR) is 93.3 cm³/mol. The number of carbonyl (C=O) groups excluding carboxylic acids is 2. The molecule has 0 spiro atoms. The molecule has 0 aliphatic heterocycles. The van der Waals surface area contributed by atoms with Crippen LogP contribution in [0.3, 0.4) is 0 Å². The molecule has 0 radical (unpaired) electrons. The van der Waals surface area contributed by atoms with Gasteiger partial charge in [-0.2, -0.15) is 0 Å². The highest BCUT2D eigenvalue weighted by Crippen LogP contribution is 2.14. The second-order valence-corrected chi connectivity index (χ2v) is 6.46. The molecule has 0 aliphatic carbocycles. The van der Waals surface area contributed by atoms with Crippen molar-refractivity contribution in [2.45, 2.75) is 33.0 Å². The maximum Gasteiger partial charge on any atom is 0.344 e. The first-order chi connectivity index (χ1) is 11.8. The largest absolute Gasteiger partial charge is 0.482 e. The van der Waals surface area contributed by atoms with Gasteiger partial charge in [0.15, 0.2) is 6.61 Å². The minimum absolute atomic E-state index is 0.185. The molecule has 0 aromatic heterocycles. The summed E-state index contributed by atoms with van der Waals surface area (Å²) < 4.78 is 15.8. The van der Waals surface area contributed by atoms with Crippen molar-refractivity contribution in [2.24, 2.45) is 0 Å². The number of esters is 2. The summed E-state index contributed by atoms with van der Waals surface area (Å²) in [6.45, 7) is 5.41. The monoisotopic (exact) mass is 342 g/mol. The molecule has 5 nitrogen and oxygen atoms in total. The van der Waals surface area contributed by atoms with Gasteiger partial charge in [-0.1, -0.05) is 30.3 Å². The minimum Gasteiger partial charge on any atom is -0.482 e. The molecular formula is C20H22O5. The summed E-state index contributed by atoms with van der Waals surface area (Å²) in [6, 6.07) is 15.9. The Balaban J connectivity index is 1.82. The Hall–Kier alpha value is -2.82. The zero-order chi connectivity index (χ0) is 18.3. The first-order valence-electron chi connectivity index (χ1n) is 7.99. The van der Waals surface area contributed by atoms with Crippen LogP contribution in [0, 0.1) is 0 Å². The highest BCUT2D eigenvalue weighted by atomic mass is 16.6. The molecule has 0 N–H and O–H groups in total. The van der Waals surface area contributed by atoms with Crippen molar-refractivity contribution in [3.05, 3.63) is 65.7 Å². The lowest BCUT2D eigenvalue weighted by Gasteiger charge is -2.19. The van der Waals surface area contributed by atoms with Gasteiger partial charge in [-0.25, -0.2) is 9.59 Å². The topological polar surface area (TPSA) is 61.8 Å². The van der Waals surface area contributed by atoms with Crippen molar-refractivity contribution in [3.63, 3.8) is 0 Å². The second kappa shape index (κ2) is 8.33. The third-order valence-corrected chi connectivity index (χ3v) is 3.08. The Morgan fingerprint density at radius 1 is 0.920 bits per heavy atom. The Kier molecular flexibility index (Phi) is 6.17. The van der Waals surface area contributed by atoms with E-state index in [-0.39, 0.29) is 13.2 Å². The zero-order valence-electron chi connectivity index (χ0n) is 14.7. The smallest absolute Gasteiger partial charge is 0.344 e. The first kappa shape index (κ1) is 18.5. The van der Waals surface area contributed by atoms with Crippen LogP contribution >= 0.6 is 0 Å². The summed E-state index contributed by atoms with van der Waals surface area (Å²) >= 11 is 0. The van der Waals surface area contributed by atoms with Gasteiger partial charge in [0.25, 0.3) is 0 Å². The number of carbonyl (C=O) groups is 2. The summed E-state index contributed by atoms with van der Waals surface area (Å²) in [7, 11) is 0. The molecule has 132 valence electrons. The van der Waals surface area contributed by atoms with E-state index in [1.165, 1.54) is 0 Å². The minimum atomic E-state index is -0.549. The molecule has 0 amide bonds. The fourth-order valence-corrected chi connectivity index (χ4v) is 2.01. The Morgan fingerprint density at radius 2 is 1.56 bits per heavy atom. The van der Waals surface area contributed by atoms with Gasteiger partial charge in [0, 0.05) is 0 Å². The molecule has 0 unspecified atom stereocenters. The van der Waals surface area contributed by atoms with Crippen LogP contribution in [0.2, 0.25) is 0 Å². The van der Waals surface area contributed by atoms with Crippen LogP contribution in [-0.2, 0) is 20.9 Å². The lowest BCUT2D eigenvalue weighted by Crippen LogP contribution is -2.27. The van der Waals surface area contributed by atoms with E-state index in [4.69, 9.17) is 14.2 Å². The second-order valence-electron chi connectivity index (χ2n) is 6.46. The van der Waals surface area contributed by atoms with Gasteiger partial charge in [0.2, 0.25) is 0 Å². The molecule has 2 aromatic rings. The van der Waals surface area contributed by atoms with Crippen molar-refractivity contribution < 1.29 is 23.8 Å². The van der Waals surface area contributed by atoms with Gasteiger partial charge >= 0.3 is 11.9 Å². The average molecular weight is 342 g/mol. The van der Waals surface area contributed by atoms with Crippen LogP contribution in [0.1, 0.15) is 36.7 Å². The molecule has 0 fully saturated rings. The van der Waals surface area contributed by atoms with E-state index in [1.807, 2.05) is 30.3 Å². The highest BCUT2D eigenvalue weighted by Gasteiger charge is 2.16. The maximum atomic E-state index is 12.0. The normalized spacial score (nSPS) is 10.8. The number of hydrogen-bond acceptors (Lipinski definition) is 5. The molecular weight excluding hydrogens is 320 g/mol. The average Bonchev–Trinajstić information content (AvgIpc) is 2.58. The van der Waals surface area contributed by atoms with Gasteiger partial charge in [0.1, 0.15) is 18.0 Å². The molecule has 25 heavy (non-hydrogen) atoms. The molecule has 0 saturated carbocycles. The fourth-order valence-electron chi connectivity index (χ4n) is 2.01. The standard InChI is InChI=1S/C20H22O5/c1-20(2,3)25-18(21)14-23-17-11-9-16(10-12-17)19(22)24-13-15-7-5-4-6-8-15/h4-12H,13-14H2,1-3H3. The third kappa shape index (κ3) is 6.67.